The fourth-order valence-corrected chi connectivity index (χ4v) is 3.61. The maximum Gasteiger partial charge on any atom is 0.165 e. The fraction of sp³-hybridized carbons (Fsp3) is 0.706. The molecule has 1 saturated carbocycles. The molecule has 2 aromatic rings. The number of nitrogens with zero attached hydrogens (tertiary/aromatic N) is 6. The van der Waals surface area contributed by atoms with Crippen molar-refractivity contribution in [1.82, 2.24) is 24.4 Å². The lowest BCUT2D eigenvalue weighted by Crippen LogP contribution is -2.55. The number of fused-ring (bicyclic) bond motifs is 1. The monoisotopic (exact) mass is 330 g/mol. The van der Waals surface area contributed by atoms with Crippen molar-refractivity contribution in [2.45, 2.75) is 51.3 Å². The van der Waals surface area contributed by atoms with Gasteiger partial charge in [-0.25, -0.2) is 15.0 Å². The molecule has 0 aromatic carbocycles. The van der Waals surface area contributed by atoms with Gasteiger partial charge in [-0.05, 0) is 33.6 Å². The third-order valence-electron chi connectivity index (χ3n) is 4.93. The number of β-amino-alcohol motifs (C(OH)–C–C–N with tert-alkyl or cyclic N) is 1. The largest absolute Gasteiger partial charge is 0.389 e. The number of piperazine rings is 1. The summed E-state index contributed by atoms with van der Waals surface area (Å²) in [6, 6.07) is 0.931. The lowest BCUT2D eigenvalue weighted by atomic mass is 10.1. The number of aromatic nitrogens is 4. The third-order valence-corrected chi connectivity index (χ3v) is 4.93. The molecule has 24 heavy (non-hydrogen) atoms. The molecule has 1 saturated heterocycles. The lowest BCUT2D eigenvalue weighted by Gasteiger charge is -2.42. The SMILES string of the molecule is CC1CN(c2ncnc3c2ncn3C2CC2)CCN1CC(C)(C)O. The first-order chi connectivity index (χ1) is 11.4. The molecule has 1 aliphatic carbocycles. The van der Waals surface area contributed by atoms with Crippen molar-refractivity contribution < 1.29 is 5.11 Å². The molecule has 3 heterocycles. The highest BCUT2D eigenvalue weighted by Crippen LogP contribution is 2.37. The van der Waals surface area contributed by atoms with Crippen LogP contribution in [0.4, 0.5) is 5.82 Å². The van der Waals surface area contributed by atoms with Gasteiger partial charge >= 0.3 is 0 Å². The van der Waals surface area contributed by atoms with E-state index >= 15 is 0 Å². The van der Waals surface area contributed by atoms with Crippen LogP contribution in [0.3, 0.4) is 0 Å². The van der Waals surface area contributed by atoms with Crippen molar-refractivity contribution in [2.24, 2.45) is 0 Å². The van der Waals surface area contributed by atoms with Gasteiger partial charge in [0.2, 0.25) is 0 Å². The molecular weight excluding hydrogens is 304 g/mol. The Morgan fingerprint density at radius 3 is 2.67 bits per heavy atom. The molecule has 0 amide bonds. The minimum Gasteiger partial charge on any atom is -0.389 e. The van der Waals surface area contributed by atoms with Crippen molar-refractivity contribution in [1.29, 1.82) is 0 Å². The molecule has 0 spiro atoms. The number of rotatable bonds is 4. The van der Waals surface area contributed by atoms with E-state index in [0.717, 1.165) is 36.6 Å². The predicted molar refractivity (Wildman–Crippen MR) is 93.1 cm³/mol. The highest BCUT2D eigenvalue weighted by Gasteiger charge is 2.31. The second kappa shape index (κ2) is 5.67. The van der Waals surface area contributed by atoms with Crippen molar-refractivity contribution in [3.63, 3.8) is 0 Å². The van der Waals surface area contributed by atoms with Gasteiger partial charge in [0.1, 0.15) is 6.33 Å². The zero-order valence-electron chi connectivity index (χ0n) is 14.7. The summed E-state index contributed by atoms with van der Waals surface area (Å²) in [7, 11) is 0. The minimum absolute atomic E-state index is 0.362. The van der Waals surface area contributed by atoms with Gasteiger partial charge in [0, 0.05) is 38.3 Å². The average Bonchev–Trinajstić information content (AvgIpc) is 3.27. The fourth-order valence-electron chi connectivity index (χ4n) is 3.61. The van der Waals surface area contributed by atoms with Crippen LogP contribution in [-0.4, -0.2) is 67.3 Å². The summed E-state index contributed by atoms with van der Waals surface area (Å²) in [6.45, 7) is 9.33. The highest BCUT2D eigenvalue weighted by molar-refractivity contribution is 5.83. The van der Waals surface area contributed by atoms with Gasteiger partial charge in [-0.2, -0.15) is 0 Å². The van der Waals surface area contributed by atoms with Crippen LogP contribution in [0.5, 0.6) is 0 Å². The van der Waals surface area contributed by atoms with E-state index in [-0.39, 0.29) is 0 Å². The first-order valence-electron chi connectivity index (χ1n) is 8.81. The van der Waals surface area contributed by atoms with Crippen LogP contribution in [-0.2, 0) is 0 Å². The number of hydrogen-bond donors (Lipinski definition) is 1. The highest BCUT2D eigenvalue weighted by atomic mass is 16.3. The van der Waals surface area contributed by atoms with Crippen molar-refractivity contribution in [3.05, 3.63) is 12.7 Å². The van der Waals surface area contributed by atoms with E-state index in [0.29, 0.717) is 18.6 Å². The molecule has 2 fully saturated rings. The number of anilines is 1. The van der Waals surface area contributed by atoms with E-state index < -0.39 is 5.60 Å². The Morgan fingerprint density at radius 2 is 2.00 bits per heavy atom. The molecule has 7 nitrogen and oxygen atoms in total. The molecule has 4 rings (SSSR count). The smallest absolute Gasteiger partial charge is 0.165 e. The first kappa shape index (κ1) is 15.8. The lowest BCUT2D eigenvalue weighted by molar-refractivity contribution is 0.0201. The van der Waals surface area contributed by atoms with Crippen LogP contribution in [0, 0.1) is 0 Å². The summed E-state index contributed by atoms with van der Waals surface area (Å²) in [4.78, 5) is 18.2. The molecule has 1 atom stereocenters. The summed E-state index contributed by atoms with van der Waals surface area (Å²) >= 11 is 0. The maximum absolute atomic E-state index is 10.1. The second-order valence-corrected chi connectivity index (χ2v) is 7.83. The Hall–Kier alpha value is -1.73. The van der Waals surface area contributed by atoms with Crippen LogP contribution in [0.2, 0.25) is 0 Å². The second-order valence-electron chi connectivity index (χ2n) is 7.83. The average molecular weight is 330 g/mol. The van der Waals surface area contributed by atoms with Crippen molar-refractivity contribution >= 4 is 17.0 Å². The molecule has 0 bridgehead atoms. The van der Waals surface area contributed by atoms with Crippen LogP contribution in [0.15, 0.2) is 12.7 Å². The van der Waals surface area contributed by atoms with E-state index in [2.05, 4.69) is 36.2 Å². The third kappa shape index (κ3) is 2.98. The van der Waals surface area contributed by atoms with E-state index in [4.69, 9.17) is 0 Å². The topological polar surface area (TPSA) is 70.3 Å². The molecule has 130 valence electrons. The van der Waals surface area contributed by atoms with Gasteiger partial charge in [0.05, 0.1) is 11.9 Å². The Balaban J connectivity index is 1.56. The van der Waals surface area contributed by atoms with Crippen LogP contribution < -0.4 is 4.90 Å². The minimum atomic E-state index is -0.665. The summed E-state index contributed by atoms with van der Waals surface area (Å²) in [5.41, 5.74) is 1.20. The zero-order valence-corrected chi connectivity index (χ0v) is 14.7. The number of hydrogen-bond acceptors (Lipinski definition) is 6. The van der Waals surface area contributed by atoms with Crippen LogP contribution in [0.1, 0.15) is 39.7 Å². The molecule has 0 radical (unpaired) electrons. The van der Waals surface area contributed by atoms with Gasteiger partial charge in [0.25, 0.3) is 0 Å². The van der Waals surface area contributed by atoms with Crippen LogP contribution >= 0.6 is 0 Å². The molecule has 7 heteroatoms. The molecular formula is C17H26N6O. The van der Waals surface area contributed by atoms with E-state index in [1.54, 1.807) is 6.33 Å². The first-order valence-corrected chi connectivity index (χ1v) is 8.81. The van der Waals surface area contributed by atoms with Crippen molar-refractivity contribution in [3.8, 4) is 0 Å². The summed E-state index contributed by atoms with van der Waals surface area (Å²) < 4.78 is 2.19. The summed E-state index contributed by atoms with van der Waals surface area (Å²) in [6.07, 6.45) is 6.01. The van der Waals surface area contributed by atoms with Crippen LogP contribution in [0.25, 0.3) is 11.2 Å². The van der Waals surface area contributed by atoms with E-state index in [1.165, 1.54) is 12.8 Å². The molecule has 2 aliphatic rings. The maximum atomic E-state index is 10.1. The Labute approximate surface area is 142 Å². The molecule has 1 aliphatic heterocycles. The van der Waals surface area contributed by atoms with Gasteiger partial charge in [-0.3, -0.25) is 4.90 Å². The summed E-state index contributed by atoms with van der Waals surface area (Å²) in [5, 5.41) is 10.1. The summed E-state index contributed by atoms with van der Waals surface area (Å²) in [5.74, 6) is 0.939. The predicted octanol–water partition coefficient (Wildman–Crippen LogP) is 1.44. The van der Waals surface area contributed by atoms with E-state index in [1.807, 2.05) is 20.2 Å². The Morgan fingerprint density at radius 1 is 1.21 bits per heavy atom. The quantitative estimate of drug-likeness (QED) is 0.915. The van der Waals surface area contributed by atoms with Crippen molar-refractivity contribution in [2.75, 3.05) is 31.1 Å². The number of imidazole rings is 1. The van der Waals surface area contributed by atoms with E-state index in [9.17, 15) is 5.11 Å². The number of aliphatic hydroxyl groups is 1. The Kier molecular flexibility index (Phi) is 3.73. The normalized spacial score (nSPS) is 23.2. The zero-order chi connectivity index (χ0) is 16.9. The van der Waals surface area contributed by atoms with Gasteiger partial charge in [0.15, 0.2) is 17.0 Å². The Bertz CT molecular complexity index is 732. The van der Waals surface area contributed by atoms with Gasteiger partial charge in [-0.1, -0.05) is 0 Å². The van der Waals surface area contributed by atoms with Gasteiger partial charge in [-0.15, -0.1) is 0 Å². The van der Waals surface area contributed by atoms with Gasteiger partial charge < -0.3 is 14.6 Å². The molecule has 1 unspecified atom stereocenters. The standard InChI is InChI=1S/C17H26N6O/c1-12-8-21(6-7-22(12)9-17(2,3)24)15-14-16(19-10-18-15)23(11-20-14)13-4-5-13/h10-13,24H,4-9H2,1-3H3. The molecule has 1 N–H and O–H groups in total. The molecule has 2 aromatic heterocycles.